The van der Waals surface area contributed by atoms with E-state index >= 15 is 0 Å². The first-order valence-corrected chi connectivity index (χ1v) is 7.37. The van der Waals surface area contributed by atoms with Gasteiger partial charge >= 0.3 is 0 Å². The van der Waals surface area contributed by atoms with Crippen LogP contribution in [0.2, 0.25) is 0 Å². The van der Waals surface area contributed by atoms with Gasteiger partial charge in [-0.2, -0.15) is 0 Å². The summed E-state index contributed by atoms with van der Waals surface area (Å²) >= 11 is 1.50. The van der Waals surface area contributed by atoms with Gasteiger partial charge in [0.1, 0.15) is 5.01 Å². The lowest BCUT2D eigenvalue weighted by molar-refractivity contribution is 0.284. The quantitative estimate of drug-likeness (QED) is 0.888. The number of aryl methyl sites for hydroxylation is 1. The molecule has 1 aromatic carbocycles. The van der Waals surface area contributed by atoms with Crippen LogP contribution in [0.5, 0.6) is 11.5 Å². The van der Waals surface area contributed by atoms with E-state index in [4.69, 9.17) is 9.47 Å². The second-order valence-electron chi connectivity index (χ2n) is 4.34. The molecule has 0 spiro atoms. The van der Waals surface area contributed by atoms with Crippen molar-refractivity contribution in [2.24, 2.45) is 0 Å². The van der Waals surface area contributed by atoms with Gasteiger partial charge in [0.2, 0.25) is 0 Å². The zero-order valence-electron chi connectivity index (χ0n) is 12.0. The molecule has 1 N–H and O–H groups in total. The molecule has 0 bridgehead atoms. The van der Waals surface area contributed by atoms with Crippen LogP contribution in [0.1, 0.15) is 23.9 Å². The molecule has 1 aromatic heterocycles. The molecule has 0 aliphatic heterocycles. The molecule has 1 heterocycles. The highest BCUT2D eigenvalue weighted by Crippen LogP contribution is 2.40. The summed E-state index contributed by atoms with van der Waals surface area (Å²) in [5, 5.41) is 10.3. The summed E-state index contributed by atoms with van der Waals surface area (Å²) in [6, 6.07) is 5.73. The van der Waals surface area contributed by atoms with Crippen LogP contribution in [0.15, 0.2) is 18.2 Å². The largest absolute Gasteiger partial charge is 0.493 e. The summed E-state index contributed by atoms with van der Waals surface area (Å²) in [6.07, 6.45) is 1.88. The molecule has 0 atom stereocenters. The highest BCUT2D eigenvalue weighted by molar-refractivity contribution is 7.15. The van der Waals surface area contributed by atoms with Crippen molar-refractivity contribution in [3.63, 3.8) is 0 Å². The Morgan fingerprint density at radius 1 is 1.25 bits per heavy atom. The average Bonchev–Trinajstić information content (AvgIpc) is 2.89. The molecule has 0 unspecified atom stereocenters. The fraction of sp³-hybridized carbons (Fsp3) is 0.400. The third-order valence-corrected chi connectivity index (χ3v) is 4.16. The minimum Gasteiger partial charge on any atom is -0.493 e. The standard InChI is InChI=1S/C15H19NO3S/c1-4-6-11-13(9-17)20-15(16-11)10-7-5-8-12(18-2)14(10)19-3/h5,7-8,17H,4,6,9H2,1-3H3. The Balaban J connectivity index is 2.51. The van der Waals surface area contributed by atoms with Crippen LogP contribution in [0.3, 0.4) is 0 Å². The normalized spacial score (nSPS) is 10.6. The van der Waals surface area contributed by atoms with Crippen LogP contribution < -0.4 is 9.47 Å². The van der Waals surface area contributed by atoms with Crippen molar-refractivity contribution in [2.45, 2.75) is 26.4 Å². The van der Waals surface area contributed by atoms with Crippen LogP contribution in [-0.4, -0.2) is 24.3 Å². The van der Waals surface area contributed by atoms with Crippen molar-refractivity contribution >= 4 is 11.3 Å². The van der Waals surface area contributed by atoms with Crippen LogP contribution >= 0.6 is 11.3 Å². The number of thiazole rings is 1. The lowest BCUT2D eigenvalue weighted by Gasteiger charge is -2.10. The highest BCUT2D eigenvalue weighted by Gasteiger charge is 2.17. The molecule has 108 valence electrons. The van der Waals surface area contributed by atoms with Crippen LogP contribution in [-0.2, 0) is 13.0 Å². The topological polar surface area (TPSA) is 51.6 Å². The number of aliphatic hydroxyl groups is 1. The summed E-state index contributed by atoms with van der Waals surface area (Å²) in [5.74, 6) is 1.36. The molecule has 0 aliphatic rings. The van der Waals surface area contributed by atoms with Crippen molar-refractivity contribution in [1.29, 1.82) is 0 Å². The lowest BCUT2D eigenvalue weighted by atomic mass is 10.2. The number of para-hydroxylation sites is 1. The Kier molecular flexibility index (Phi) is 4.98. The van der Waals surface area contributed by atoms with Crippen molar-refractivity contribution in [1.82, 2.24) is 4.98 Å². The van der Waals surface area contributed by atoms with Gasteiger partial charge in [-0.25, -0.2) is 4.98 Å². The summed E-state index contributed by atoms with van der Waals surface area (Å²) in [7, 11) is 3.24. The van der Waals surface area contributed by atoms with E-state index in [1.165, 1.54) is 11.3 Å². The van der Waals surface area contributed by atoms with Crippen molar-refractivity contribution < 1.29 is 14.6 Å². The molecule has 5 heteroatoms. The molecule has 0 fully saturated rings. The molecule has 4 nitrogen and oxygen atoms in total. The van der Waals surface area contributed by atoms with E-state index in [9.17, 15) is 5.11 Å². The monoisotopic (exact) mass is 293 g/mol. The minimum atomic E-state index is 0.0271. The Morgan fingerprint density at radius 3 is 2.65 bits per heavy atom. The van der Waals surface area contributed by atoms with E-state index in [0.717, 1.165) is 34.0 Å². The van der Waals surface area contributed by atoms with Crippen molar-refractivity contribution in [3.8, 4) is 22.1 Å². The number of aromatic nitrogens is 1. The fourth-order valence-corrected chi connectivity index (χ4v) is 3.10. The summed E-state index contributed by atoms with van der Waals surface area (Å²) < 4.78 is 10.8. The van der Waals surface area contributed by atoms with Crippen molar-refractivity contribution in [2.75, 3.05) is 14.2 Å². The van der Waals surface area contributed by atoms with Gasteiger partial charge in [-0.15, -0.1) is 11.3 Å². The number of aliphatic hydroxyl groups excluding tert-OH is 1. The molecule has 0 amide bonds. The van der Waals surface area contributed by atoms with Crippen LogP contribution in [0, 0.1) is 0 Å². The van der Waals surface area contributed by atoms with Gasteiger partial charge < -0.3 is 14.6 Å². The number of hydrogen-bond acceptors (Lipinski definition) is 5. The van der Waals surface area contributed by atoms with Gasteiger partial charge in [0.05, 0.1) is 37.0 Å². The third kappa shape index (κ3) is 2.78. The molecule has 0 aliphatic carbocycles. The molecular weight excluding hydrogens is 274 g/mol. The maximum atomic E-state index is 9.45. The van der Waals surface area contributed by atoms with Gasteiger partial charge in [0, 0.05) is 0 Å². The van der Waals surface area contributed by atoms with Crippen LogP contribution in [0.4, 0.5) is 0 Å². The molecule has 20 heavy (non-hydrogen) atoms. The highest BCUT2D eigenvalue weighted by atomic mass is 32.1. The average molecular weight is 293 g/mol. The van der Waals surface area contributed by atoms with Gasteiger partial charge in [0.15, 0.2) is 11.5 Å². The first-order valence-electron chi connectivity index (χ1n) is 6.55. The Bertz CT molecular complexity index is 580. The van der Waals surface area contributed by atoms with Crippen LogP contribution in [0.25, 0.3) is 10.6 Å². The minimum absolute atomic E-state index is 0.0271. The maximum Gasteiger partial charge on any atom is 0.170 e. The van der Waals surface area contributed by atoms with Gasteiger partial charge in [0.25, 0.3) is 0 Å². The van der Waals surface area contributed by atoms with E-state index in [-0.39, 0.29) is 6.61 Å². The molecule has 0 saturated heterocycles. The van der Waals surface area contributed by atoms with Crippen molar-refractivity contribution in [3.05, 3.63) is 28.8 Å². The summed E-state index contributed by atoms with van der Waals surface area (Å²) in [6.45, 7) is 2.13. The lowest BCUT2D eigenvalue weighted by Crippen LogP contribution is -1.93. The molecule has 0 radical (unpaired) electrons. The smallest absolute Gasteiger partial charge is 0.170 e. The maximum absolute atomic E-state index is 9.45. The first-order chi connectivity index (χ1) is 9.74. The van der Waals surface area contributed by atoms with Gasteiger partial charge in [-0.1, -0.05) is 19.4 Å². The summed E-state index contributed by atoms with van der Waals surface area (Å²) in [5.41, 5.74) is 1.87. The third-order valence-electron chi connectivity index (χ3n) is 3.04. The molecule has 2 aromatic rings. The Labute approximate surface area is 123 Å². The zero-order valence-corrected chi connectivity index (χ0v) is 12.8. The van der Waals surface area contributed by atoms with Gasteiger partial charge in [-0.05, 0) is 18.6 Å². The number of rotatable bonds is 6. The van der Waals surface area contributed by atoms with E-state index < -0.39 is 0 Å². The number of methoxy groups -OCH3 is 2. The molecule has 0 saturated carbocycles. The summed E-state index contributed by atoms with van der Waals surface area (Å²) in [4.78, 5) is 5.57. The first kappa shape index (κ1) is 14.8. The fourth-order valence-electron chi connectivity index (χ4n) is 2.11. The van der Waals surface area contributed by atoms with E-state index in [2.05, 4.69) is 11.9 Å². The predicted molar refractivity (Wildman–Crippen MR) is 80.6 cm³/mol. The number of ether oxygens (including phenoxy) is 2. The molecule has 2 rings (SSSR count). The van der Waals surface area contributed by atoms with E-state index in [1.807, 2.05) is 18.2 Å². The second kappa shape index (κ2) is 6.72. The van der Waals surface area contributed by atoms with E-state index in [1.54, 1.807) is 14.2 Å². The Hall–Kier alpha value is -1.59. The molecular formula is C15H19NO3S. The SMILES string of the molecule is CCCc1nc(-c2cccc(OC)c2OC)sc1CO. The number of benzene rings is 1. The van der Waals surface area contributed by atoms with Gasteiger partial charge in [-0.3, -0.25) is 0 Å². The predicted octanol–water partition coefficient (Wildman–Crippen LogP) is 3.27. The number of nitrogens with zero attached hydrogens (tertiary/aromatic N) is 1. The van der Waals surface area contributed by atoms with E-state index in [0.29, 0.717) is 11.5 Å². The number of hydrogen-bond donors (Lipinski definition) is 1. The zero-order chi connectivity index (χ0) is 14.5. The Morgan fingerprint density at radius 2 is 2.05 bits per heavy atom. The second-order valence-corrected chi connectivity index (χ2v) is 5.42.